The lowest BCUT2D eigenvalue weighted by molar-refractivity contribution is 0.252. The fourth-order valence-corrected chi connectivity index (χ4v) is 1.15. The molecule has 0 saturated carbocycles. The van der Waals surface area contributed by atoms with Crippen LogP contribution in [0.1, 0.15) is 12.5 Å². The second kappa shape index (κ2) is 5.11. The highest BCUT2D eigenvalue weighted by molar-refractivity contribution is 5.97. The predicted octanol–water partition coefficient (Wildman–Crippen LogP) is 1.25. The molecule has 2 amide bonds. The van der Waals surface area contributed by atoms with Gasteiger partial charge in [-0.15, -0.1) is 0 Å². The number of anilines is 1. The molecule has 6 heteroatoms. The van der Waals surface area contributed by atoms with Crippen LogP contribution in [0.2, 0.25) is 0 Å². The number of carbonyl (C=O) groups is 1. The summed E-state index contributed by atoms with van der Waals surface area (Å²) < 4.78 is 13.2. The molecule has 86 valence electrons. The first-order valence-electron chi connectivity index (χ1n) is 4.73. The summed E-state index contributed by atoms with van der Waals surface area (Å²) in [6.45, 7) is 2.28. The fourth-order valence-electron chi connectivity index (χ4n) is 1.15. The van der Waals surface area contributed by atoms with Crippen molar-refractivity contribution in [3.8, 4) is 0 Å². The van der Waals surface area contributed by atoms with Crippen molar-refractivity contribution >= 4 is 17.6 Å². The Morgan fingerprint density at radius 1 is 1.56 bits per heavy atom. The molecule has 5 nitrogen and oxygen atoms in total. The highest BCUT2D eigenvalue weighted by Crippen LogP contribution is 2.14. The number of hydrogen-bond donors (Lipinski definition) is 4. The van der Waals surface area contributed by atoms with Gasteiger partial charge in [0.1, 0.15) is 11.7 Å². The fraction of sp³-hybridized carbons (Fsp3) is 0.200. The molecule has 0 saturated heterocycles. The van der Waals surface area contributed by atoms with Crippen LogP contribution < -0.4 is 16.4 Å². The molecule has 0 aliphatic rings. The Balaban J connectivity index is 2.87. The number of amidine groups is 1. The maximum Gasteiger partial charge on any atom is 0.319 e. The molecular formula is C10H13FN4O. The lowest BCUT2D eigenvalue weighted by atomic mass is 10.1. The number of urea groups is 1. The van der Waals surface area contributed by atoms with Crippen molar-refractivity contribution in [1.82, 2.24) is 5.32 Å². The maximum absolute atomic E-state index is 13.2. The molecule has 1 rings (SSSR count). The molecule has 16 heavy (non-hydrogen) atoms. The topological polar surface area (TPSA) is 91.0 Å². The van der Waals surface area contributed by atoms with E-state index in [0.29, 0.717) is 12.2 Å². The minimum absolute atomic E-state index is 0.0331. The number of carbonyl (C=O) groups excluding carboxylic acids is 1. The quantitative estimate of drug-likeness (QED) is 0.459. The number of amides is 2. The first-order chi connectivity index (χ1) is 7.54. The molecule has 0 fully saturated rings. The van der Waals surface area contributed by atoms with Gasteiger partial charge < -0.3 is 16.4 Å². The third kappa shape index (κ3) is 2.94. The van der Waals surface area contributed by atoms with E-state index in [2.05, 4.69) is 10.6 Å². The zero-order valence-corrected chi connectivity index (χ0v) is 8.80. The molecule has 0 radical (unpaired) electrons. The molecule has 0 unspecified atom stereocenters. The lowest BCUT2D eigenvalue weighted by Gasteiger charge is -2.07. The van der Waals surface area contributed by atoms with E-state index < -0.39 is 5.82 Å². The number of nitrogen functional groups attached to an aromatic ring is 1. The monoisotopic (exact) mass is 224 g/mol. The third-order valence-electron chi connectivity index (χ3n) is 1.85. The van der Waals surface area contributed by atoms with Crippen molar-refractivity contribution in [3.05, 3.63) is 29.6 Å². The van der Waals surface area contributed by atoms with Crippen molar-refractivity contribution in [2.75, 3.05) is 11.9 Å². The smallest absolute Gasteiger partial charge is 0.319 e. The zero-order chi connectivity index (χ0) is 12.1. The van der Waals surface area contributed by atoms with Crippen molar-refractivity contribution < 1.29 is 9.18 Å². The molecule has 1 aromatic carbocycles. The summed E-state index contributed by atoms with van der Waals surface area (Å²) in [5.74, 6) is -0.967. The zero-order valence-electron chi connectivity index (χ0n) is 8.80. The largest absolute Gasteiger partial charge is 0.384 e. The van der Waals surface area contributed by atoms with Gasteiger partial charge in [-0.2, -0.15) is 0 Å². The van der Waals surface area contributed by atoms with Crippen LogP contribution in [0.4, 0.5) is 14.9 Å². The van der Waals surface area contributed by atoms with Gasteiger partial charge in [-0.05, 0) is 25.1 Å². The van der Waals surface area contributed by atoms with Crippen LogP contribution in [0.5, 0.6) is 0 Å². The van der Waals surface area contributed by atoms with Crippen molar-refractivity contribution in [3.63, 3.8) is 0 Å². The Morgan fingerprint density at radius 3 is 2.81 bits per heavy atom. The van der Waals surface area contributed by atoms with Crippen LogP contribution in [0, 0.1) is 11.2 Å². The molecule has 0 bridgehead atoms. The van der Waals surface area contributed by atoms with E-state index in [1.54, 1.807) is 6.92 Å². The van der Waals surface area contributed by atoms with Crippen LogP contribution in [0.15, 0.2) is 18.2 Å². The summed E-state index contributed by atoms with van der Waals surface area (Å²) in [6, 6.07) is 3.48. The van der Waals surface area contributed by atoms with Gasteiger partial charge in [0.15, 0.2) is 0 Å². The summed E-state index contributed by atoms with van der Waals surface area (Å²) in [4.78, 5) is 11.2. The molecule has 0 aromatic heterocycles. The summed E-state index contributed by atoms with van der Waals surface area (Å²) in [5, 5.41) is 12.2. The summed E-state index contributed by atoms with van der Waals surface area (Å²) >= 11 is 0. The second-order valence-electron chi connectivity index (χ2n) is 3.09. The van der Waals surface area contributed by atoms with Crippen LogP contribution in [-0.4, -0.2) is 18.4 Å². The molecule has 1 aromatic rings. The third-order valence-corrected chi connectivity index (χ3v) is 1.85. The maximum atomic E-state index is 13.2. The Morgan fingerprint density at radius 2 is 2.25 bits per heavy atom. The van der Waals surface area contributed by atoms with E-state index in [1.165, 1.54) is 12.1 Å². The molecular weight excluding hydrogens is 211 g/mol. The van der Waals surface area contributed by atoms with Gasteiger partial charge in [0.05, 0.1) is 5.56 Å². The standard InChI is InChI=1S/C10H13FN4O/c1-2-14-10(16)15-6-3-4-8(11)7(5-6)9(12)13/h3-5H,2H2,1H3,(H3,12,13)(H2,14,15,16). The average Bonchev–Trinajstić information content (AvgIpc) is 2.21. The lowest BCUT2D eigenvalue weighted by Crippen LogP contribution is -2.28. The van der Waals surface area contributed by atoms with Crippen LogP contribution in [0.25, 0.3) is 0 Å². The van der Waals surface area contributed by atoms with Gasteiger partial charge in [0.2, 0.25) is 0 Å². The minimum atomic E-state index is -0.589. The number of halogens is 1. The molecule has 0 atom stereocenters. The Labute approximate surface area is 92.3 Å². The van der Waals surface area contributed by atoms with Crippen molar-refractivity contribution in [2.24, 2.45) is 5.73 Å². The van der Waals surface area contributed by atoms with E-state index in [-0.39, 0.29) is 17.4 Å². The van der Waals surface area contributed by atoms with Crippen molar-refractivity contribution in [1.29, 1.82) is 5.41 Å². The molecule has 0 aliphatic heterocycles. The van der Waals surface area contributed by atoms with E-state index in [1.807, 2.05) is 0 Å². The number of nitrogens with two attached hydrogens (primary N) is 1. The van der Waals surface area contributed by atoms with Crippen molar-refractivity contribution in [2.45, 2.75) is 6.92 Å². The first kappa shape index (κ1) is 12.0. The van der Waals surface area contributed by atoms with E-state index in [0.717, 1.165) is 6.07 Å². The Kier molecular flexibility index (Phi) is 3.82. The van der Waals surface area contributed by atoms with Gasteiger partial charge in [-0.25, -0.2) is 9.18 Å². The highest BCUT2D eigenvalue weighted by atomic mass is 19.1. The van der Waals surface area contributed by atoms with Gasteiger partial charge >= 0.3 is 6.03 Å². The van der Waals surface area contributed by atoms with Gasteiger partial charge in [0.25, 0.3) is 0 Å². The molecule has 5 N–H and O–H groups in total. The number of rotatable bonds is 3. The second-order valence-corrected chi connectivity index (χ2v) is 3.09. The molecule has 0 aliphatic carbocycles. The normalized spacial score (nSPS) is 9.62. The summed E-state index contributed by atoms with van der Waals surface area (Å²) in [7, 11) is 0. The van der Waals surface area contributed by atoms with E-state index in [9.17, 15) is 9.18 Å². The average molecular weight is 224 g/mol. The predicted molar refractivity (Wildman–Crippen MR) is 60.1 cm³/mol. The number of benzene rings is 1. The van der Waals surface area contributed by atoms with Gasteiger partial charge in [-0.1, -0.05) is 0 Å². The Bertz CT molecular complexity index is 419. The van der Waals surface area contributed by atoms with E-state index >= 15 is 0 Å². The number of hydrogen-bond acceptors (Lipinski definition) is 2. The van der Waals surface area contributed by atoms with Crippen LogP contribution >= 0.6 is 0 Å². The summed E-state index contributed by atoms with van der Waals surface area (Å²) in [6.07, 6.45) is 0. The number of nitrogens with one attached hydrogen (secondary N) is 3. The highest BCUT2D eigenvalue weighted by Gasteiger charge is 2.07. The van der Waals surface area contributed by atoms with Gasteiger partial charge in [-0.3, -0.25) is 5.41 Å². The SMILES string of the molecule is CCNC(=O)Nc1ccc(F)c(C(=N)N)c1. The summed E-state index contributed by atoms with van der Waals surface area (Å²) in [5.41, 5.74) is 5.54. The molecule has 0 heterocycles. The van der Waals surface area contributed by atoms with Crippen LogP contribution in [0.3, 0.4) is 0 Å². The van der Waals surface area contributed by atoms with Gasteiger partial charge in [0, 0.05) is 12.2 Å². The van der Waals surface area contributed by atoms with Crippen LogP contribution in [-0.2, 0) is 0 Å². The molecule has 0 spiro atoms. The van der Waals surface area contributed by atoms with E-state index in [4.69, 9.17) is 11.1 Å². The minimum Gasteiger partial charge on any atom is -0.384 e. The first-order valence-corrected chi connectivity index (χ1v) is 4.73. The Hall–Kier alpha value is -2.11.